The number of hydrogen-bond acceptors (Lipinski definition) is 4. The molecular formula is C26H38O4S2. The van der Waals surface area contributed by atoms with Crippen molar-refractivity contribution in [1.82, 2.24) is 0 Å². The zero-order valence-corrected chi connectivity index (χ0v) is 21.5. The Kier molecular flexibility index (Phi) is 10.1. The molecule has 0 aliphatic carbocycles. The van der Waals surface area contributed by atoms with Crippen LogP contribution >= 0.6 is 11.3 Å². The predicted molar refractivity (Wildman–Crippen MR) is 136 cm³/mol. The maximum atomic E-state index is 12.7. The molecule has 0 saturated heterocycles. The van der Waals surface area contributed by atoms with Crippen LogP contribution in [-0.2, 0) is 22.0 Å². The van der Waals surface area contributed by atoms with E-state index in [1.165, 1.54) is 4.88 Å². The van der Waals surface area contributed by atoms with Gasteiger partial charge in [-0.05, 0) is 94.2 Å². The highest BCUT2D eigenvalue weighted by Crippen LogP contribution is 2.29. The first-order valence-electron chi connectivity index (χ1n) is 11.5. The van der Waals surface area contributed by atoms with Crippen LogP contribution in [0.15, 0.2) is 40.2 Å². The van der Waals surface area contributed by atoms with Crippen molar-refractivity contribution in [2.24, 2.45) is 10.8 Å². The van der Waals surface area contributed by atoms with Gasteiger partial charge in [0, 0.05) is 26.2 Å². The van der Waals surface area contributed by atoms with E-state index in [0.29, 0.717) is 6.42 Å². The highest BCUT2D eigenvalue weighted by molar-refractivity contribution is 7.93. The van der Waals surface area contributed by atoms with Gasteiger partial charge in [0.1, 0.15) is 0 Å². The van der Waals surface area contributed by atoms with Crippen LogP contribution in [-0.4, -0.2) is 27.0 Å². The molecule has 6 heteroatoms. The first kappa shape index (κ1) is 26.7. The zero-order valence-electron chi connectivity index (χ0n) is 19.9. The Labute approximate surface area is 199 Å². The molecule has 32 heavy (non-hydrogen) atoms. The first-order valence-corrected chi connectivity index (χ1v) is 13.4. The Morgan fingerprint density at radius 2 is 1.69 bits per heavy atom. The van der Waals surface area contributed by atoms with Crippen LogP contribution in [0.3, 0.4) is 0 Å². The molecule has 0 radical (unpaired) electrons. The van der Waals surface area contributed by atoms with Crippen LogP contribution in [0.4, 0.5) is 0 Å². The summed E-state index contributed by atoms with van der Waals surface area (Å²) in [5, 5.41) is 18.5. The smallest absolute Gasteiger partial charge is 0.309 e. The number of aliphatic hydroxyl groups is 1. The van der Waals surface area contributed by atoms with Gasteiger partial charge in [-0.3, -0.25) is 4.79 Å². The molecule has 178 valence electrons. The lowest BCUT2D eigenvalue weighted by atomic mass is 9.87. The lowest BCUT2D eigenvalue weighted by Gasteiger charge is -2.21. The second-order valence-electron chi connectivity index (χ2n) is 10.0. The summed E-state index contributed by atoms with van der Waals surface area (Å²) in [6.45, 7) is 7.90. The summed E-state index contributed by atoms with van der Waals surface area (Å²) >= 11 is 1.74. The summed E-state index contributed by atoms with van der Waals surface area (Å²) in [6, 6.07) is 4.22. The Bertz CT molecular complexity index is 887. The fourth-order valence-electron chi connectivity index (χ4n) is 3.48. The normalized spacial score (nSPS) is 17.1. The number of carboxylic acids is 1. The Morgan fingerprint density at radius 3 is 2.38 bits per heavy atom. The van der Waals surface area contributed by atoms with E-state index in [9.17, 15) is 19.2 Å². The molecule has 0 spiro atoms. The quantitative estimate of drug-likeness (QED) is 0.292. The van der Waals surface area contributed by atoms with E-state index in [-0.39, 0.29) is 12.0 Å². The fourth-order valence-corrected chi connectivity index (χ4v) is 5.65. The predicted octanol–water partition coefficient (Wildman–Crippen LogP) is 6.69. The van der Waals surface area contributed by atoms with Crippen molar-refractivity contribution in [1.29, 1.82) is 0 Å². The van der Waals surface area contributed by atoms with E-state index in [2.05, 4.69) is 26.0 Å². The third kappa shape index (κ3) is 8.45. The van der Waals surface area contributed by atoms with E-state index in [0.717, 1.165) is 59.6 Å². The fraction of sp³-hybridized carbons (Fsp3) is 0.577. The minimum atomic E-state index is -1.07. The largest absolute Gasteiger partial charge is 0.481 e. The molecule has 1 aromatic rings. The maximum Gasteiger partial charge on any atom is 0.309 e. The lowest BCUT2D eigenvalue weighted by molar-refractivity contribution is -0.147. The number of aryl methyl sites for hydroxylation is 1. The average molecular weight is 479 g/mol. The molecule has 1 unspecified atom stereocenters. The van der Waals surface area contributed by atoms with Gasteiger partial charge in [-0.1, -0.05) is 26.7 Å². The van der Waals surface area contributed by atoms with Crippen molar-refractivity contribution in [3.63, 3.8) is 0 Å². The number of hydrogen-bond donors (Lipinski definition) is 2. The van der Waals surface area contributed by atoms with Crippen molar-refractivity contribution in [3.8, 4) is 0 Å². The summed E-state index contributed by atoms with van der Waals surface area (Å²) in [5.41, 5.74) is -0.694. The SMILES string of the molecule is CC(C)(CO)CCCCC1=CC=C(/C=C\c2ccc(CCCCC(C)(C)C(=O)O)s2)S1=O. The van der Waals surface area contributed by atoms with E-state index in [1.54, 1.807) is 25.2 Å². The molecule has 2 N–H and O–H groups in total. The average Bonchev–Trinajstić information content (AvgIpc) is 3.33. The lowest BCUT2D eigenvalue weighted by Crippen LogP contribution is -2.23. The van der Waals surface area contributed by atoms with Crippen molar-refractivity contribution < 1.29 is 19.2 Å². The van der Waals surface area contributed by atoms with Gasteiger partial charge in [-0.25, -0.2) is 4.21 Å². The van der Waals surface area contributed by atoms with Gasteiger partial charge < -0.3 is 10.2 Å². The highest BCUT2D eigenvalue weighted by Gasteiger charge is 2.26. The van der Waals surface area contributed by atoms with Crippen molar-refractivity contribution in [2.75, 3.05) is 6.61 Å². The highest BCUT2D eigenvalue weighted by atomic mass is 32.2. The molecular weight excluding hydrogens is 440 g/mol. The topological polar surface area (TPSA) is 74.6 Å². The molecule has 0 aromatic carbocycles. The molecule has 0 fully saturated rings. The monoisotopic (exact) mass is 478 g/mol. The van der Waals surface area contributed by atoms with Crippen molar-refractivity contribution in [2.45, 2.75) is 79.1 Å². The van der Waals surface area contributed by atoms with Crippen LogP contribution in [0.25, 0.3) is 6.08 Å². The maximum absolute atomic E-state index is 12.7. The van der Waals surface area contributed by atoms with Gasteiger partial charge in [-0.2, -0.15) is 0 Å². The number of unbranched alkanes of at least 4 members (excludes halogenated alkanes) is 2. The standard InChI is InChI=1S/C26H38O4S2/c1-25(2,19-27)17-7-6-10-22-15-16-23(32(22)30)14-13-21-12-11-20(31-21)9-5-8-18-26(3,4)24(28)29/h11-16,27H,5-10,17-19H2,1-4H3,(H,28,29)/b14-13-. The summed E-state index contributed by atoms with van der Waals surface area (Å²) < 4.78 is 12.7. The van der Waals surface area contributed by atoms with Crippen molar-refractivity contribution >= 4 is 34.2 Å². The van der Waals surface area contributed by atoms with E-state index < -0.39 is 22.2 Å². The number of aliphatic hydroxyl groups excluding tert-OH is 1. The molecule has 0 amide bonds. The molecule has 2 heterocycles. The molecule has 1 atom stereocenters. The minimum absolute atomic E-state index is 0.0377. The summed E-state index contributed by atoms with van der Waals surface area (Å²) in [6.07, 6.45) is 15.3. The summed E-state index contributed by atoms with van der Waals surface area (Å²) in [5.74, 6) is -0.733. The van der Waals surface area contributed by atoms with Gasteiger partial charge in [0.2, 0.25) is 0 Å². The number of rotatable bonds is 14. The minimum Gasteiger partial charge on any atom is -0.481 e. The van der Waals surface area contributed by atoms with Gasteiger partial charge >= 0.3 is 5.97 Å². The third-order valence-corrected chi connectivity index (χ3v) is 8.62. The van der Waals surface area contributed by atoms with Crippen LogP contribution in [0.2, 0.25) is 0 Å². The first-order chi connectivity index (χ1) is 15.0. The number of carboxylic acid groups (broad SMARTS) is 1. The van der Waals surface area contributed by atoms with Gasteiger partial charge in [0.05, 0.1) is 16.2 Å². The van der Waals surface area contributed by atoms with Crippen molar-refractivity contribution in [3.05, 3.63) is 49.9 Å². The Balaban J connectivity index is 1.74. The number of carbonyl (C=O) groups is 1. The van der Waals surface area contributed by atoms with Crippen LogP contribution in [0.1, 0.15) is 82.4 Å². The van der Waals surface area contributed by atoms with Crippen LogP contribution < -0.4 is 0 Å². The van der Waals surface area contributed by atoms with Gasteiger partial charge in [0.25, 0.3) is 0 Å². The molecule has 1 aliphatic heterocycles. The molecule has 1 aliphatic rings. The summed E-state index contributed by atoms with van der Waals surface area (Å²) in [7, 11) is -1.07. The van der Waals surface area contributed by atoms with Gasteiger partial charge in [0.15, 0.2) is 0 Å². The molecule has 0 saturated carbocycles. The second kappa shape index (κ2) is 12.1. The van der Waals surface area contributed by atoms with Crippen LogP contribution in [0.5, 0.6) is 0 Å². The van der Waals surface area contributed by atoms with E-state index >= 15 is 0 Å². The van der Waals surface area contributed by atoms with E-state index in [4.69, 9.17) is 0 Å². The Hall–Kier alpha value is -1.50. The second-order valence-corrected chi connectivity index (χ2v) is 12.8. The molecule has 2 rings (SSSR count). The van der Waals surface area contributed by atoms with Gasteiger partial charge in [-0.15, -0.1) is 11.3 Å². The zero-order chi connectivity index (χ0) is 23.8. The molecule has 0 bridgehead atoms. The van der Waals surface area contributed by atoms with Crippen LogP contribution in [0, 0.1) is 10.8 Å². The molecule has 1 aromatic heterocycles. The molecule has 4 nitrogen and oxygen atoms in total. The Morgan fingerprint density at radius 1 is 1.00 bits per heavy atom. The number of allylic oxidation sites excluding steroid dienone is 4. The number of thiophene rings is 1. The summed E-state index contributed by atoms with van der Waals surface area (Å²) in [4.78, 5) is 15.5. The third-order valence-electron chi connectivity index (χ3n) is 5.99. The number of aliphatic carboxylic acids is 1. The van der Waals surface area contributed by atoms with E-state index in [1.807, 2.05) is 24.3 Å².